The van der Waals surface area contributed by atoms with E-state index in [9.17, 15) is 9.90 Å². The summed E-state index contributed by atoms with van der Waals surface area (Å²) in [4.78, 5) is 13.7. The van der Waals surface area contributed by atoms with Crippen LogP contribution in [0.5, 0.6) is 0 Å². The number of ether oxygens (including phenoxy) is 1. The molecule has 1 aliphatic rings. The summed E-state index contributed by atoms with van der Waals surface area (Å²) in [7, 11) is 0. The minimum Gasteiger partial charge on any atom is -0.367 e. The van der Waals surface area contributed by atoms with Gasteiger partial charge in [0, 0.05) is 6.54 Å². The van der Waals surface area contributed by atoms with Gasteiger partial charge in [-0.25, -0.2) is 0 Å². The van der Waals surface area contributed by atoms with Gasteiger partial charge in [-0.3, -0.25) is 9.69 Å². The third kappa shape index (κ3) is 3.18. The van der Waals surface area contributed by atoms with Gasteiger partial charge in [-0.05, 0) is 17.0 Å². The van der Waals surface area contributed by atoms with E-state index >= 15 is 0 Å². The summed E-state index contributed by atoms with van der Waals surface area (Å²) in [6, 6.07) is 19.0. The number of hydrogen-bond acceptors (Lipinski definition) is 3. The number of amides is 1. The van der Waals surface area contributed by atoms with E-state index in [0.717, 1.165) is 11.1 Å². The Labute approximate surface area is 141 Å². The number of likely N-dealkylation sites (tertiary alicyclic amines) is 1. The van der Waals surface area contributed by atoms with Crippen molar-refractivity contribution in [3.63, 3.8) is 0 Å². The van der Waals surface area contributed by atoms with Crippen LogP contribution in [0, 0.1) is 12.3 Å². The molecule has 2 aromatic rings. The molecule has 0 saturated carbocycles. The van der Waals surface area contributed by atoms with Crippen LogP contribution < -0.4 is 0 Å². The molecule has 2 atom stereocenters. The molecule has 0 aromatic heterocycles. The molecule has 1 heterocycles. The van der Waals surface area contributed by atoms with Crippen LogP contribution in [-0.2, 0) is 22.7 Å². The molecule has 0 radical (unpaired) electrons. The van der Waals surface area contributed by atoms with Crippen molar-refractivity contribution < 1.29 is 14.6 Å². The molecule has 24 heavy (non-hydrogen) atoms. The summed E-state index contributed by atoms with van der Waals surface area (Å²) in [5, 5.41) is 10.9. The number of hydrogen-bond donors (Lipinski definition) is 1. The Kier molecular flexibility index (Phi) is 4.66. The molecular weight excluding hydrogens is 302 g/mol. The zero-order valence-electron chi connectivity index (χ0n) is 13.3. The highest BCUT2D eigenvalue weighted by Crippen LogP contribution is 2.32. The van der Waals surface area contributed by atoms with Crippen LogP contribution in [0.3, 0.4) is 0 Å². The fourth-order valence-corrected chi connectivity index (χ4v) is 2.87. The van der Waals surface area contributed by atoms with Crippen molar-refractivity contribution in [2.24, 2.45) is 0 Å². The molecule has 1 amide bonds. The lowest BCUT2D eigenvalue weighted by Gasteiger charge is -2.32. The minimum atomic E-state index is -1.73. The average molecular weight is 321 g/mol. The summed E-state index contributed by atoms with van der Waals surface area (Å²) in [6.45, 7) is 0.549. The third-order valence-corrected chi connectivity index (χ3v) is 4.21. The molecule has 3 rings (SSSR count). The molecule has 2 aromatic carbocycles. The number of carbonyl (C=O) groups excluding carboxylic acids is 1. The van der Waals surface area contributed by atoms with Crippen molar-refractivity contribution in [2.75, 3.05) is 0 Å². The summed E-state index contributed by atoms with van der Waals surface area (Å²) in [5.74, 6) is 2.15. The predicted octanol–water partition coefficient (Wildman–Crippen LogP) is 2.33. The van der Waals surface area contributed by atoms with Crippen LogP contribution in [0.25, 0.3) is 0 Å². The fourth-order valence-electron chi connectivity index (χ4n) is 2.87. The van der Waals surface area contributed by atoms with Gasteiger partial charge in [0.1, 0.15) is 6.10 Å². The second kappa shape index (κ2) is 6.88. The Bertz CT molecular complexity index is 738. The SMILES string of the molecule is C#CC1(O)[C@@H](OCc2ccccc2)CC(=O)N1Cc1ccccc1. The normalized spacial score (nSPS) is 23.2. The van der Waals surface area contributed by atoms with Crippen molar-refractivity contribution >= 4 is 5.91 Å². The Morgan fingerprint density at radius 3 is 2.29 bits per heavy atom. The zero-order chi connectivity index (χ0) is 17.0. The second-order valence-corrected chi connectivity index (χ2v) is 5.83. The zero-order valence-corrected chi connectivity index (χ0v) is 13.3. The van der Waals surface area contributed by atoms with Crippen molar-refractivity contribution in [3.05, 3.63) is 71.8 Å². The van der Waals surface area contributed by atoms with Crippen molar-refractivity contribution in [1.82, 2.24) is 4.90 Å². The first-order chi connectivity index (χ1) is 11.6. The van der Waals surface area contributed by atoms with Crippen molar-refractivity contribution in [1.29, 1.82) is 0 Å². The highest BCUT2D eigenvalue weighted by Gasteiger charge is 2.51. The van der Waals surface area contributed by atoms with Gasteiger partial charge < -0.3 is 9.84 Å². The maximum atomic E-state index is 12.4. The van der Waals surface area contributed by atoms with Crippen molar-refractivity contribution in [3.8, 4) is 12.3 Å². The highest BCUT2D eigenvalue weighted by atomic mass is 16.5. The maximum absolute atomic E-state index is 12.4. The van der Waals surface area contributed by atoms with Gasteiger partial charge in [-0.1, -0.05) is 60.7 Å². The summed E-state index contributed by atoms with van der Waals surface area (Å²) < 4.78 is 5.78. The van der Waals surface area contributed by atoms with Gasteiger partial charge in [0.15, 0.2) is 0 Å². The molecular formula is C20H19NO3. The van der Waals surface area contributed by atoms with Gasteiger partial charge in [0.05, 0.1) is 13.0 Å². The van der Waals surface area contributed by atoms with E-state index in [1.165, 1.54) is 4.90 Å². The van der Waals surface area contributed by atoms with E-state index in [-0.39, 0.29) is 18.9 Å². The smallest absolute Gasteiger partial charge is 0.232 e. The quantitative estimate of drug-likeness (QED) is 0.860. The van der Waals surface area contributed by atoms with Gasteiger partial charge in [0.25, 0.3) is 0 Å². The Balaban J connectivity index is 1.75. The van der Waals surface area contributed by atoms with Crippen LogP contribution in [0.1, 0.15) is 17.5 Å². The molecule has 4 heteroatoms. The van der Waals surface area contributed by atoms with Crippen LogP contribution in [0.4, 0.5) is 0 Å². The predicted molar refractivity (Wildman–Crippen MR) is 90.4 cm³/mol. The summed E-state index contributed by atoms with van der Waals surface area (Å²) >= 11 is 0. The first kappa shape index (κ1) is 16.3. The molecule has 0 spiro atoms. The van der Waals surface area contributed by atoms with Crippen LogP contribution in [0.2, 0.25) is 0 Å². The molecule has 0 bridgehead atoms. The average Bonchev–Trinajstić information content (AvgIpc) is 2.86. The Morgan fingerprint density at radius 1 is 1.12 bits per heavy atom. The van der Waals surface area contributed by atoms with E-state index in [1.54, 1.807) is 0 Å². The van der Waals surface area contributed by atoms with E-state index < -0.39 is 11.8 Å². The Morgan fingerprint density at radius 2 is 1.71 bits per heavy atom. The van der Waals surface area contributed by atoms with Crippen LogP contribution in [-0.4, -0.2) is 27.7 Å². The molecule has 1 aliphatic heterocycles. The van der Waals surface area contributed by atoms with Crippen LogP contribution >= 0.6 is 0 Å². The standard InChI is InChI=1S/C20H19NO3/c1-2-20(23)18(24-15-17-11-7-4-8-12-17)13-19(22)21(20)14-16-9-5-3-6-10-16/h1,3-12,18,23H,13-15H2/t18-,20?/m0/s1. The minimum absolute atomic E-state index is 0.0698. The molecule has 1 unspecified atom stereocenters. The molecule has 0 aliphatic carbocycles. The molecule has 122 valence electrons. The maximum Gasteiger partial charge on any atom is 0.232 e. The first-order valence-corrected chi connectivity index (χ1v) is 7.83. The topological polar surface area (TPSA) is 49.8 Å². The van der Waals surface area contributed by atoms with Gasteiger partial charge in [-0.15, -0.1) is 6.42 Å². The largest absolute Gasteiger partial charge is 0.367 e. The first-order valence-electron chi connectivity index (χ1n) is 7.83. The monoisotopic (exact) mass is 321 g/mol. The molecule has 4 nitrogen and oxygen atoms in total. The number of nitrogens with zero attached hydrogens (tertiary/aromatic N) is 1. The molecule has 1 N–H and O–H groups in total. The van der Waals surface area contributed by atoms with Crippen LogP contribution in [0.15, 0.2) is 60.7 Å². The summed E-state index contributed by atoms with van der Waals surface area (Å²) in [6.07, 6.45) is 4.88. The van der Waals surface area contributed by atoms with Gasteiger partial charge in [-0.2, -0.15) is 0 Å². The lowest BCUT2D eigenvalue weighted by molar-refractivity contribution is -0.149. The fraction of sp³-hybridized carbons (Fsp3) is 0.250. The number of aliphatic hydroxyl groups is 1. The van der Waals surface area contributed by atoms with E-state index in [4.69, 9.17) is 11.2 Å². The highest BCUT2D eigenvalue weighted by molar-refractivity contribution is 5.81. The number of terminal acetylenes is 1. The number of benzene rings is 2. The van der Waals surface area contributed by atoms with Gasteiger partial charge >= 0.3 is 0 Å². The molecule has 1 fully saturated rings. The third-order valence-electron chi connectivity index (χ3n) is 4.21. The van der Waals surface area contributed by atoms with E-state index in [0.29, 0.717) is 6.61 Å². The van der Waals surface area contributed by atoms with E-state index in [1.807, 2.05) is 60.7 Å². The number of rotatable bonds is 5. The lowest BCUT2D eigenvalue weighted by atomic mass is 10.1. The second-order valence-electron chi connectivity index (χ2n) is 5.83. The lowest BCUT2D eigenvalue weighted by Crippen LogP contribution is -2.50. The van der Waals surface area contributed by atoms with Gasteiger partial charge in [0.2, 0.25) is 11.6 Å². The Hall–Kier alpha value is -2.61. The summed E-state index contributed by atoms with van der Waals surface area (Å²) in [5.41, 5.74) is 0.135. The number of carbonyl (C=O) groups is 1. The van der Waals surface area contributed by atoms with E-state index in [2.05, 4.69) is 5.92 Å². The molecule has 1 saturated heterocycles. The van der Waals surface area contributed by atoms with Crippen molar-refractivity contribution in [2.45, 2.75) is 31.4 Å².